The van der Waals surface area contributed by atoms with Crippen molar-refractivity contribution in [1.82, 2.24) is 5.32 Å². The largest absolute Gasteiger partial charge is 1.00 e. The van der Waals surface area contributed by atoms with Gasteiger partial charge in [0.1, 0.15) is 0 Å². The van der Waals surface area contributed by atoms with Crippen molar-refractivity contribution in [2.24, 2.45) is 0 Å². The second-order valence-electron chi connectivity index (χ2n) is 8.64. The zero-order valence-electron chi connectivity index (χ0n) is 21.7. The molecule has 196 valence electrons. The molecule has 0 aromatic heterocycles. The molecule has 5 heteroatoms. The Morgan fingerprint density at radius 3 is 0.923 bits per heavy atom. The van der Waals surface area contributed by atoms with Gasteiger partial charge < -0.3 is 17.7 Å². The predicted molar refractivity (Wildman–Crippen MR) is 145 cm³/mol. The van der Waals surface area contributed by atoms with Crippen LogP contribution in [-0.2, 0) is 28.8 Å². The van der Waals surface area contributed by atoms with Crippen LogP contribution in [0.15, 0.2) is 121 Å². The third kappa shape index (κ3) is 8.12. The molecular formula is C34H28ClNO2Ru. The molecule has 1 saturated carbocycles. The van der Waals surface area contributed by atoms with Gasteiger partial charge in [0.05, 0.1) is 6.04 Å². The molecule has 0 bridgehead atoms. The van der Waals surface area contributed by atoms with Crippen molar-refractivity contribution in [3.05, 3.63) is 187 Å². The molecule has 0 amide bonds. The second kappa shape index (κ2) is 17.7. The molecule has 5 rings (SSSR count). The van der Waals surface area contributed by atoms with Crippen LogP contribution in [-0.4, -0.2) is 6.04 Å². The Morgan fingerprint density at radius 1 is 0.462 bits per heavy atom. The van der Waals surface area contributed by atoms with E-state index in [0.717, 1.165) is 0 Å². The number of hydrogen-bond acceptors (Lipinski definition) is 1. The molecular weight excluding hydrogens is 591 g/mol. The molecule has 0 aliphatic heterocycles. The van der Waals surface area contributed by atoms with Gasteiger partial charge in [0, 0.05) is 29.7 Å². The van der Waals surface area contributed by atoms with Crippen molar-refractivity contribution in [1.29, 1.82) is 0 Å². The molecule has 0 unspecified atom stereocenters. The van der Waals surface area contributed by atoms with E-state index in [2.05, 4.69) is 154 Å². The molecule has 0 spiro atoms. The summed E-state index contributed by atoms with van der Waals surface area (Å²) in [5, 5.41) is 3.84. The molecule has 3 nitrogen and oxygen atoms in total. The zero-order valence-corrected chi connectivity index (χ0v) is 24.2. The first kappa shape index (κ1) is 34.3. The number of rotatable bonds is 6. The fourth-order valence-corrected chi connectivity index (χ4v) is 4.63. The van der Waals surface area contributed by atoms with Gasteiger partial charge in [0.2, 0.25) is 0 Å². The summed E-state index contributed by atoms with van der Waals surface area (Å²) >= 11 is 0. The van der Waals surface area contributed by atoms with E-state index in [1.165, 1.54) is 52.0 Å². The van der Waals surface area contributed by atoms with Crippen LogP contribution in [0.4, 0.5) is 0 Å². The van der Waals surface area contributed by atoms with Gasteiger partial charge in [-0.3, -0.25) is 0 Å². The smallest absolute Gasteiger partial charge is 1.00 e. The van der Waals surface area contributed by atoms with Gasteiger partial charge in [-0.05, 0) is 22.3 Å². The predicted octanol–water partition coefficient (Wildman–Crippen LogP) is 3.95. The summed E-state index contributed by atoms with van der Waals surface area (Å²) in [5.74, 6) is 5.06. The molecule has 1 aliphatic carbocycles. The number of nitrogens with one attached hydrogen (secondary N) is 1. The molecule has 39 heavy (non-hydrogen) atoms. The van der Waals surface area contributed by atoms with Gasteiger partial charge in [0.25, 0.3) is 0 Å². The third-order valence-electron chi connectivity index (χ3n) is 5.93. The first-order valence-corrected chi connectivity index (χ1v) is 12.0. The monoisotopic (exact) mass is 619 g/mol. The van der Waals surface area contributed by atoms with E-state index in [1.54, 1.807) is 0 Å². The maximum Gasteiger partial charge on any atom is 1.00 e. The van der Waals surface area contributed by atoms with Gasteiger partial charge in [-0.15, -0.1) is 0 Å². The molecule has 4 aromatic rings. The summed E-state index contributed by atoms with van der Waals surface area (Å²) in [7, 11) is 0. The number of halogens is 1. The SMILES string of the molecule is CC(C)N[C]1[C](c2ccccc2)[C](c2ccccc2)[C](c2ccccc2)[C]1c1ccccc1.[C-]#[O+].[C-]#[O+].[Cl-].[Ru+]. The van der Waals surface area contributed by atoms with Crippen LogP contribution >= 0.6 is 0 Å². The van der Waals surface area contributed by atoms with Crippen LogP contribution in [0, 0.1) is 43.0 Å². The minimum absolute atomic E-state index is 0. The Hall–Kier alpha value is -2.77. The Balaban J connectivity index is 0.00000121. The molecule has 6 radical (unpaired) electrons. The van der Waals surface area contributed by atoms with Crippen molar-refractivity contribution < 1.29 is 41.2 Å². The van der Waals surface area contributed by atoms with Crippen molar-refractivity contribution in [3.63, 3.8) is 0 Å². The first-order valence-electron chi connectivity index (χ1n) is 12.0. The van der Waals surface area contributed by atoms with E-state index in [1.807, 2.05) is 0 Å². The van der Waals surface area contributed by atoms with Gasteiger partial charge in [-0.2, -0.15) is 0 Å². The maximum atomic E-state index is 7.50. The van der Waals surface area contributed by atoms with E-state index in [-0.39, 0.29) is 31.9 Å². The average Bonchev–Trinajstić information content (AvgIpc) is 3.31. The van der Waals surface area contributed by atoms with Crippen molar-refractivity contribution >= 4 is 0 Å². The third-order valence-corrected chi connectivity index (χ3v) is 5.93. The number of benzene rings is 4. The van der Waals surface area contributed by atoms with E-state index in [4.69, 9.17) is 9.30 Å². The Kier molecular flexibility index (Phi) is 15.6. The molecule has 4 aromatic carbocycles. The second-order valence-corrected chi connectivity index (χ2v) is 8.64. The summed E-state index contributed by atoms with van der Waals surface area (Å²) in [6.45, 7) is 13.4. The molecule has 0 atom stereocenters. The summed E-state index contributed by atoms with van der Waals surface area (Å²) in [4.78, 5) is 0. The number of hydrogen-bond donors (Lipinski definition) is 1. The van der Waals surface area contributed by atoms with Crippen molar-refractivity contribution in [2.75, 3.05) is 0 Å². The van der Waals surface area contributed by atoms with Crippen LogP contribution in [0.1, 0.15) is 36.1 Å². The van der Waals surface area contributed by atoms with Gasteiger partial charge in [0.15, 0.2) is 0 Å². The van der Waals surface area contributed by atoms with Crippen LogP contribution in [0.3, 0.4) is 0 Å². The summed E-state index contributed by atoms with van der Waals surface area (Å²) in [5.41, 5.74) is 4.89. The van der Waals surface area contributed by atoms with E-state index in [0.29, 0.717) is 6.04 Å². The van der Waals surface area contributed by atoms with E-state index >= 15 is 0 Å². The normalized spacial score (nSPS) is 14.1. The Morgan fingerprint density at radius 2 is 0.692 bits per heavy atom. The summed E-state index contributed by atoms with van der Waals surface area (Å²) in [6, 6.07) is 44.6. The zero-order chi connectivity index (χ0) is 26.6. The van der Waals surface area contributed by atoms with Crippen LogP contribution in [0.25, 0.3) is 0 Å². The quantitative estimate of drug-likeness (QED) is 0.199. The topological polar surface area (TPSA) is 51.8 Å². The van der Waals surface area contributed by atoms with Crippen LogP contribution in [0.2, 0.25) is 0 Å². The Bertz CT molecular complexity index is 1140. The molecule has 0 heterocycles. The minimum Gasteiger partial charge on any atom is -1.00 e. The molecule has 1 aliphatic rings. The fourth-order valence-electron chi connectivity index (χ4n) is 4.63. The average molecular weight is 619 g/mol. The van der Waals surface area contributed by atoms with Crippen LogP contribution in [0.5, 0.6) is 0 Å². The van der Waals surface area contributed by atoms with Gasteiger partial charge in [-0.25, -0.2) is 0 Å². The van der Waals surface area contributed by atoms with E-state index in [9.17, 15) is 0 Å². The molecule has 0 saturated heterocycles. The van der Waals surface area contributed by atoms with Crippen LogP contribution < -0.4 is 17.7 Å². The Labute approximate surface area is 252 Å². The molecule has 1 N–H and O–H groups in total. The fraction of sp³-hybridized carbons (Fsp3) is 0.0882. The van der Waals surface area contributed by atoms with Gasteiger partial charge in [-0.1, -0.05) is 135 Å². The first-order chi connectivity index (χ1) is 18.2. The summed E-state index contributed by atoms with van der Waals surface area (Å²) < 4.78 is 15.0. The van der Waals surface area contributed by atoms with E-state index < -0.39 is 0 Å². The maximum absolute atomic E-state index is 7.50. The van der Waals surface area contributed by atoms with Crippen molar-refractivity contribution in [3.8, 4) is 0 Å². The minimum atomic E-state index is 0. The van der Waals surface area contributed by atoms with Crippen molar-refractivity contribution in [2.45, 2.75) is 19.9 Å². The standard InChI is InChI=1S/C32H28N.2CO.ClH.Ru/c1-23(2)33-32-30(26-19-11-5-12-20-26)28(24-15-7-3-8-16-24)29(25-17-9-4-10-18-25)31(32)27-21-13-6-14-22-27;2*1-2;;/h3-23,33H,1-2H3;;;1H;/q;;;;+1/p-1. The summed E-state index contributed by atoms with van der Waals surface area (Å²) in [6.07, 6.45) is 0. The van der Waals surface area contributed by atoms with Gasteiger partial charge >= 0.3 is 42.1 Å². The molecule has 1 fully saturated rings.